The average Bonchev–Trinajstić information content (AvgIpc) is 2.33. The number of nitrogens with one attached hydrogen (secondary N) is 1. The van der Waals surface area contributed by atoms with Crippen molar-refractivity contribution in [3.05, 3.63) is 0 Å². The molecule has 4 nitrogen and oxygen atoms in total. The van der Waals surface area contributed by atoms with Crippen LogP contribution in [0.25, 0.3) is 0 Å². The number of rotatable bonds is 4. The summed E-state index contributed by atoms with van der Waals surface area (Å²) in [5.41, 5.74) is -0.652. The molecular formula is C10H20N2O2. The molecule has 0 bridgehead atoms. The van der Waals surface area contributed by atoms with E-state index >= 15 is 0 Å². The van der Waals surface area contributed by atoms with Gasteiger partial charge in [0.2, 0.25) is 5.91 Å². The van der Waals surface area contributed by atoms with Crippen LogP contribution in [0.4, 0.5) is 0 Å². The van der Waals surface area contributed by atoms with Crippen molar-refractivity contribution in [1.82, 2.24) is 10.2 Å². The van der Waals surface area contributed by atoms with Gasteiger partial charge in [-0.3, -0.25) is 4.79 Å². The van der Waals surface area contributed by atoms with Gasteiger partial charge in [0.15, 0.2) is 0 Å². The smallest absolute Gasteiger partial charge is 0.239 e. The number of likely N-dealkylation sites (N-methyl/N-ethyl adjacent to an activating group) is 1. The fourth-order valence-electron chi connectivity index (χ4n) is 1.56. The highest BCUT2D eigenvalue weighted by atomic mass is 16.3. The molecule has 1 fully saturated rings. The van der Waals surface area contributed by atoms with Gasteiger partial charge in [0, 0.05) is 13.6 Å². The topological polar surface area (TPSA) is 52.6 Å². The van der Waals surface area contributed by atoms with E-state index in [0.717, 1.165) is 13.0 Å². The van der Waals surface area contributed by atoms with Crippen molar-refractivity contribution in [2.24, 2.45) is 0 Å². The molecule has 0 radical (unpaired) electrons. The van der Waals surface area contributed by atoms with E-state index in [1.807, 2.05) is 7.05 Å². The van der Waals surface area contributed by atoms with Crippen molar-refractivity contribution in [3.63, 3.8) is 0 Å². The van der Waals surface area contributed by atoms with Crippen LogP contribution in [0.3, 0.4) is 0 Å². The van der Waals surface area contributed by atoms with Crippen molar-refractivity contribution in [2.75, 3.05) is 20.1 Å². The normalized spacial score (nSPS) is 23.3. The first-order valence-electron chi connectivity index (χ1n) is 5.11. The molecule has 1 rings (SSSR count). The van der Waals surface area contributed by atoms with Crippen molar-refractivity contribution < 1.29 is 9.90 Å². The lowest BCUT2D eigenvalue weighted by molar-refractivity contribution is -0.128. The summed E-state index contributed by atoms with van der Waals surface area (Å²) in [6, 6.07) is -0.0395. The van der Waals surface area contributed by atoms with Crippen LogP contribution in [0.1, 0.15) is 26.7 Å². The second-order valence-electron chi connectivity index (χ2n) is 4.62. The summed E-state index contributed by atoms with van der Waals surface area (Å²) in [7, 11) is 1.82. The van der Waals surface area contributed by atoms with Gasteiger partial charge in [0.1, 0.15) is 0 Å². The van der Waals surface area contributed by atoms with E-state index in [-0.39, 0.29) is 11.9 Å². The van der Waals surface area contributed by atoms with E-state index in [1.165, 1.54) is 0 Å². The van der Waals surface area contributed by atoms with Crippen LogP contribution in [0.15, 0.2) is 0 Å². The maximum Gasteiger partial charge on any atom is 0.239 e. The fourth-order valence-corrected chi connectivity index (χ4v) is 1.56. The number of aliphatic hydroxyl groups is 1. The van der Waals surface area contributed by atoms with Crippen molar-refractivity contribution >= 4 is 5.91 Å². The predicted molar refractivity (Wildman–Crippen MR) is 55.0 cm³/mol. The van der Waals surface area contributed by atoms with Gasteiger partial charge in [-0.15, -0.1) is 0 Å². The Kier molecular flexibility index (Phi) is 3.50. The summed E-state index contributed by atoms with van der Waals surface area (Å²) >= 11 is 0. The Balaban J connectivity index is 2.23. The zero-order chi connectivity index (χ0) is 10.8. The molecule has 82 valence electrons. The third-order valence-corrected chi connectivity index (χ3v) is 2.56. The molecule has 0 spiro atoms. The van der Waals surface area contributed by atoms with Crippen LogP contribution in [0.2, 0.25) is 0 Å². The van der Waals surface area contributed by atoms with E-state index in [0.29, 0.717) is 13.0 Å². The number of carbonyl (C=O) groups excluding carboxylic acids is 1. The van der Waals surface area contributed by atoms with Gasteiger partial charge in [-0.2, -0.15) is 0 Å². The lowest BCUT2D eigenvalue weighted by Crippen LogP contribution is -2.39. The summed E-state index contributed by atoms with van der Waals surface area (Å²) < 4.78 is 0. The first-order chi connectivity index (χ1) is 6.40. The highest BCUT2D eigenvalue weighted by Gasteiger charge is 2.28. The lowest BCUT2D eigenvalue weighted by atomic mass is 10.1. The van der Waals surface area contributed by atoms with E-state index in [1.54, 1.807) is 18.7 Å². The Morgan fingerprint density at radius 2 is 2.29 bits per heavy atom. The molecule has 0 saturated carbocycles. The van der Waals surface area contributed by atoms with Gasteiger partial charge in [0.25, 0.3) is 0 Å². The number of carbonyl (C=O) groups is 1. The Morgan fingerprint density at radius 1 is 1.64 bits per heavy atom. The van der Waals surface area contributed by atoms with Crippen LogP contribution in [-0.4, -0.2) is 47.7 Å². The van der Waals surface area contributed by atoms with Crippen LogP contribution >= 0.6 is 0 Å². The van der Waals surface area contributed by atoms with Crippen LogP contribution in [0.5, 0.6) is 0 Å². The molecule has 0 aliphatic carbocycles. The first kappa shape index (κ1) is 11.5. The SMILES string of the molecule is CN1CCC(NCCC(C)(C)O)C1=O. The van der Waals surface area contributed by atoms with E-state index in [9.17, 15) is 9.90 Å². The first-order valence-corrected chi connectivity index (χ1v) is 5.11. The molecule has 1 amide bonds. The van der Waals surface area contributed by atoms with E-state index in [4.69, 9.17) is 0 Å². The van der Waals surface area contributed by atoms with E-state index < -0.39 is 5.60 Å². The second kappa shape index (κ2) is 4.28. The molecule has 1 heterocycles. The average molecular weight is 200 g/mol. The molecule has 1 unspecified atom stereocenters. The van der Waals surface area contributed by atoms with Gasteiger partial charge in [-0.05, 0) is 33.2 Å². The quantitative estimate of drug-likeness (QED) is 0.670. The largest absolute Gasteiger partial charge is 0.390 e. The number of hydrogen-bond acceptors (Lipinski definition) is 3. The number of amides is 1. The Bertz CT molecular complexity index is 211. The third-order valence-electron chi connectivity index (χ3n) is 2.56. The molecular weight excluding hydrogens is 180 g/mol. The predicted octanol–water partition coefficient (Wildman–Crippen LogP) is -0.0323. The monoisotopic (exact) mass is 200 g/mol. The van der Waals surface area contributed by atoms with Crippen molar-refractivity contribution in [3.8, 4) is 0 Å². The summed E-state index contributed by atoms with van der Waals surface area (Å²) in [4.78, 5) is 13.2. The fraction of sp³-hybridized carbons (Fsp3) is 0.900. The van der Waals surface area contributed by atoms with Gasteiger partial charge in [-0.1, -0.05) is 0 Å². The molecule has 0 aromatic rings. The summed E-state index contributed by atoms with van der Waals surface area (Å²) in [5.74, 6) is 0.167. The molecule has 1 aliphatic rings. The minimum atomic E-state index is -0.652. The molecule has 1 saturated heterocycles. The molecule has 2 N–H and O–H groups in total. The minimum Gasteiger partial charge on any atom is -0.390 e. The zero-order valence-corrected chi connectivity index (χ0v) is 9.21. The maximum absolute atomic E-state index is 11.5. The molecule has 0 aromatic heterocycles. The Labute approximate surface area is 85.3 Å². The van der Waals surface area contributed by atoms with Crippen LogP contribution in [-0.2, 0) is 4.79 Å². The standard InChI is InChI=1S/C10H20N2O2/c1-10(2,14)5-6-11-8-4-7-12(3)9(8)13/h8,11,14H,4-7H2,1-3H3. The third kappa shape index (κ3) is 3.27. The second-order valence-corrected chi connectivity index (χ2v) is 4.62. The van der Waals surface area contributed by atoms with Gasteiger partial charge < -0.3 is 15.3 Å². The number of hydrogen-bond donors (Lipinski definition) is 2. The molecule has 14 heavy (non-hydrogen) atoms. The Morgan fingerprint density at radius 3 is 2.71 bits per heavy atom. The molecule has 1 atom stereocenters. The zero-order valence-electron chi connectivity index (χ0n) is 9.21. The van der Waals surface area contributed by atoms with Crippen LogP contribution < -0.4 is 5.32 Å². The lowest BCUT2D eigenvalue weighted by Gasteiger charge is -2.18. The maximum atomic E-state index is 11.5. The summed E-state index contributed by atoms with van der Waals surface area (Å²) in [6.45, 7) is 5.07. The Hall–Kier alpha value is -0.610. The molecule has 1 aliphatic heterocycles. The highest BCUT2D eigenvalue weighted by molar-refractivity contribution is 5.83. The van der Waals surface area contributed by atoms with Crippen molar-refractivity contribution in [1.29, 1.82) is 0 Å². The molecule has 0 aromatic carbocycles. The van der Waals surface area contributed by atoms with Gasteiger partial charge in [-0.25, -0.2) is 0 Å². The van der Waals surface area contributed by atoms with Gasteiger partial charge >= 0.3 is 0 Å². The summed E-state index contributed by atoms with van der Waals surface area (Å²) in [6.07, 6.45) is 1.54. The van der Waals surface area contributed by atoms with Gasteiger partial charge in [0.05, 0.1) is 11.6 Å². The van der Waals surface area contributed by atoms with E-state index in [2.05, 4.69) is 5.32 Å². The number of likely N-dealkylation sites (tertiary alicyclic amines) is 1. The minimum absolute atomic E-state index is 0.0395. The summed E-state index contributed by atoms with van der Waals surface area (Å²) in [5, 5.41) is 12.6. The van der Waals surface area contributed by atoms with Crippen LogP contribution in [0, 0.1) is 0 Å². The highest BCUT2D eigenvalue weighted by Crippen LogP contribution is 2.10. The molecule has 4 heteroatoms. The van der Waals surface area contributed by atoms with Crippen molar-refractivity contribution in [2.45, 2.75) is 38.3 Å². The number of nitrogens with zero attached hydrogens (tertiary/aromatic N) is 1.